The molecule has 0 N–H and O–H groups in total. The van der Waals surface area contributed by atoms with Gasteiger partial charge in [0.15, 0.2) is 0 Å². The second-order valence-electron chi connectivity index (χ2n) is 13.5. The van der Waals surface area contributed by atoms with Crippen molar-refractivity contribution < 1.29 is 9.47 Å². The molecule has 2 nitrogen and oxygen atoms in total. The second kappa shape index (κ2) is 24.0. The SMILES string of the molecule is C#CC#Cc1cc(OCCCCCCCCCC)c(C#C[Si](C(C)C)(C(C)C)C(C)C)cc1OCCCCCCCCCC. The quantitative estimate of drug-likeness (QED) is 0.0690. The van der Waals surface area contributed by atoms with Crippen LogP contribution in [0, 0.1) is 35.6 Å². The predicted molar refractivity (Wildman–Crippen MR) is 196 cm³/mol. The number of unbranched alkanes of at least 4 members (excludes halogenated alkanes) is 14. The van der Waals surface area contributed by atoms with Crippen molar-refractivity contribution in [1.29, 1.82) is 0 Å². The Balaban J connectivity index is 3.18. The van der Waals surface area contributed by atoms with Crippen molar-refractivity contribution in [2.24, 2.45) is 0 Å². The molecule has 0 bridgehead atoms. The molecule has 0 saturated heterocycles. The third-order valence-corrected chi connectivity index (χ3v) is 15.4. The highest BCUT2D eigenvalue weighted by Crippen LogP contribution is 2.41. The van der Waals surface area contributed by atoms with Crippen LogP contribution in [0.25, 0.3) is 0 Å². The first-order chi connectivity index (χ1) is 21.2. The first kappa shape index (κ1) is 39.7. The number of ether oxygens (including phenoxy) is 2. The molecule has 1 aromatic rings. The number of terminal acetylenes is 1. The van der Waals surface area contributed by atoms with Gasteiger partial charge in [-0.3, -0.25) is 0 Å². The zero-order chi connectivity index (χ0) is 32.6. The topological polar surface area (TPSA) is 18.5 Å². The molecule has 0 atom stereocenters. The fourth-order valence-corrected chi connectivity index (χ4v) is 11.8. The molecule has 0 radical (unpaired) electrons. The standard InChI is InChI=1S/C41H66O2Si/c1-10-13-16-18-20-22-24-26-30-42-40-34-39(29-32-44(35(4)5,36(6)7)37(8)9)41(33-38(40)28-15-12-3)43-31-27-25-23-21-19-17-14-11-2/h3,33-37H,10-11,13-14,16-27,30-31H2,1-2,4-9H3. The van der Waals surface area contributed by atoms with E-state index in [4.69, 9.17) is 15.9 Å². The van der Waals surface area contributed by atoms with Crippen LogP contribution >= 0.6 is 0 Å². The Bertz CT molecular complexity index is 1050. The van der Waals surface area contributed by atoms with Gasteiger partial charge in [-0.2, -0.15) is 0 Å². The van der Waals surface area contributed by atoms with Gasteiger partial charge in [0.1, 0.15) is 19.6 Å². The van der Waals surface area contributed by atoms with Crippen molar-refractivity contribution in [3.05, 3.63) is 23.3 Å². The minimum absolute atomic E-state index is 0.565. The molecule has 0 aromatic heterocycles. The van der Waals surface area contributed by atoms with Gasteiger partial charge in [-0.05, 0) is 47.2 Å². The second-order valence-corrected chi connectivity index (χ2v) is 19.1. The third-order valence-electron chi connectivity index (χ3n) is 9.14. The van der Waals surface area contributed by atoms with E-state index in [-0.39, 0.29) is 0 Å². The number of benzene rings is 1. The Morgan fingerprint density at radius 3 is 1.30 bits per heavy atom. The Hall–Kier alpha value is -2.28. The summed E-state index contributed by atoms with van der Waals surface area (Å²) < 4.78 is 12.8. The molecule has 1 aromatic carbocycles. The smallest absolute Gasteiger partial charge is 0.146 e. The Morgan fingerprint density at radius 1 is 0.568 bits per heavy atom. The van der Waals surface area contributed by atoms with E-state index in [1.54, 1.807) is 0 Å². The minimum Gasteiger partial charge on any atom is -0.492 e. The lowest BCUT2D eigenvalue weighted by atomic mass is 10.1. The van der Waals surface area contributed by atoms with Gasteiger partial charge in [-0.25, -0.2) is 0 Å². The highest BCUT2D eigenvalue weighted by Gasteiger charge is 2.41. The first-order valence-corrected chi connectivity index (χ1v) is 20.4. The Morgan fingerprint density at radius 2 is 0.932 bits per heavy atom. The molecule has 0 amide bonds. The largest absolute Gasteiger partial charge is 0.492 e. The Kier molecular flexibility index (Phi) is 21.7. The fraction of sp³-hybridized carbons (Fsp3) is 0.707. The van der Waals surface area contributed by atoms with Crippen molar-refractivity contribution in [2.75, 3.05) is 13.2 Å². The van der Waals surface area contributed by atoms with Crippen LogP contribution in [0.2, 0.25) is 16.6 Å². The molecule has 1 rings (SSSR count). The molecule has 0 aliphatic rings. The molecule has 0 fully saturated rings. The maximum Gasteiger partial charge on any atom is 0.146 e. The van der Waals surface area contributed by atoms with Crippen molar-refractivity contribution in [1.82, 2.24) is 0 Å². The molecule has 0 heterocycles. The first-order valence-electron chi connectivity index (χ1n) is 18.2. The van der Waals surface area contributed by atoms with Crippen molar-refractivity contribution in [3.63, 3.8) is 0 Å². The Labute approximate surface area is 275 Å². The van der Waals surface area contributed by atoms with Crippen LogP contribution in [0.5, 0.6) is 11.5 Å². The molecule has 0 aliphatic carbocycles. The molecule has 246 valence electrons. The zero-order valence-electron chi connectivity index (χ0n) is 30.0. The summed E-state index contributed by atoms with van der Waals surface area (Å²) in [5.41, 5.74) is 7.31. The van der Waals surface area contributed by atoms with Gasteiger partial charge in [0.2, 0.25) is 0 Å². The molecule has 0 spiro atoms. The van der Waals surface area contributed by atoms with E-state index < -0.39 is 8.07 Å². The summed E-state index contributed by atoms with van der Waals surface area (Å²) in [5, 5.41) is 0. The molecule has 44 heavy (non-hydrogen) atoms. The predicted octanol–water partition coefficient (Wildman–Crippen LogP) is 12.3. The fourth-order valence-electron chi connectivity index (χ4n) is 6.54. The van der Waals surface area contributed by atoms with Crippen LogP contribution in [-0.4, -0.2) is 21.3 Å². The highest BCUT2D eigenvalue weighted by atomic mass is 28.3. The van der Waals surface area contributed by atoms with Gasteiger partial charge < -0.3 is 9.47 Å². The number of hydrogen-bond donors (Lipinski definition) is 0. The summed E-state index contributed by atoms with van der Waals surface area (Å²) in [6.45, 7) is 20.0. The highest BCUT2D eigenvalue weighted by molar-refractivity contribution is 6.90. The van der Waals surface area contributed by atoms with E-state index in [0.29, 0.717) is 29.8 Å². The number of rotatable bonds is 23. The number of hydrogen-bond acceptors (Lipinski definition) is 2. The maximum atomic E-state index is 6.44. The monoisotopic (exact) mass is 618 g/mol. The summed E-state index contributed by atoms with van der Waals surface area (Å²) in [6, 6.07) is 4.09. The van der Waals surface area contributed by atoms with E-state index in [9.17, 15) is 0 Å². The van der Waals surface area contributed by atoms with Crippen LogP contribution in [-0.2, 0) is 0 Å². The molecular formula is C41H66O2Si. The van der Waals surface area contributed by atoms with Gasteiger partial charge in [-0.1, -0.05) is 151 Å². The molecular weight excluding hydrogens is 553 g/mol. The summed E-state index contributed by atoms with van der Waals surface area (Å²) in [7, 11) is -1.91. The van der Waals surface area contributed by atoms with Crippen LogP contribution in [0.3, 0.4) is 0 Å². The van der Waals surface area contributed by atoms with Crippen LogP contribution in [0.1, 0.15) is 169 Å². The molecule has 0 saturated carbocycles. The summed E-state index contributed by atoms with van der Waals surface area (Å²) >= 11 is 0. The van der Waals surface area contributed by atoms with Crippen molar-refractivity contribution in [3.8, 4) is 47.1 Å². The third kappa shape index (κ3) is 14.7. The molecule has 3 heteroatoms. The lowest BCUT2D eigenvalue weighted by Crippen LogP contribution is -2.43. The van der Waals surface area contributed by atoms with Crippen LogP contribution in [0.15, 0.2) is 12.1 Å². The lowest BCUT2D eigenvalue weighted by molar-refractivity contribution is 0.295. The van der Waals surface area contributed by atoms with Crippen molar-refractivity contribution >= 4 is 8.07 Å². The zero-order valence-corrected chi connectivity index (χ0v) is 31.0. The van der Waals surface area contributed by atoms with Gasteiger partial charge in [0.05, 0.1) is 24.3 Å². The van der Waals surface area contributed by atoms with E-state index in [1.165, 1.54) is 89.9 Å². The lowest BCUT2D eigenvalue weighted by Gasteiger charge is -2.38. The summed E-state index contributed by atoms with van der Waals surface area (Å²) in [4.78, 5) is 0. The molecule has 0 unspecified atom stereocenters. The van der Waals surface area contributed by atoms with Gasteiger partial charge in [0.25, 0.3) is 0 Å². The van der Waals surface area contributed by atoms with E-state index >= 15 is 0 Å². The summed E-state index contributed by atoms with van der Waals surface area (Å²) in [5.74, 6) is 13.6. The van der Waals surface area contributed by atoms with Crippen LogP contribution < -0.4 is 9.47 Å². The van der Waals surface area contributed by atoms with Gasteiger partial charge >= 0.3 is 0 Å². The summed E-state index contributed by atoms with van der Waals surface area (Å²) in [6.07, 6.45) is 25.9. The average Bonchev–Trinajstić information content (AvgIpc) is 2.99. The van der Waals surface area contributed by atoms with E-state index in [1.807, 2.05) is 6.07 Å². The van der Waals surface area contributed by atoms with Crippen molar-refractivity contribution in [2.45, 2.75) is 175 Å². The normalized spacial score (nSPS) is 11.2. The van der Waals surface area contributed by atoms with Crippen LogP contribution in [0.4, 0.5) is 0 Å². The van der Waals surface area contributed by atoms with E-state index in [2.05, 4.69) is 90.7 Å². The molecule has 0 aliphatic heterocycles. The maximum absolute atomic E-state index is 6.44. The van der Waals surface area contributed by atoms with Gasteiger partial charge in [-0.15, -0.1) is 12.0 Å². The average molecular weight is 619 g/mol. The van der Waals surface area contributed by atoms with E-state index in [0.717, 1.165) is 35.5 Å². The minimum atomic E-state index is -1.91. The van der Waals surface area contributed by atoms with Gasteiger partial charge in [0, 0.05) is 12.1 Å².